The number of amides is 1. The molecule has 5 heteroatoms. The second-order valence-corrected chi connectivity index (χ2v) is 7.28. The number of rotatable bonds is 3. The van der Waals surface area contributed by atoms with Crippen molar-refractivity contribution in [2.24, 2.45) is 5.92 Å². The molecule has 2 heterocycles. The van der Waals surface area contributed by atoms with Gasteiger partial charge in [-0.2, -0.15) is 0 Å². The van der Waals surface area contributed by atoms with Crippen LogP contribution in [0.3, 0.4) is 0 Å². The highest BCUT2D eigenvalue weighted by Crippen LogP contribution is 2.48. The highest BCUT2D eigenvalue weighted by molar-refractivity contribution is 5.83. The lowest BCUT2D eigenvalue weighted by atomic mass is 10.0. The van der Waals surface area contributed by atoms with Gasteiger partial charge in [-0.3, -0.25) is 4.79 Å². The zero-order chi connectivity index (χ0) is 17.6. The predicted molar refractivity (Wildman–Crippen MR) is 97.5 cm³/mol. The normalized spacial score (nSPS) is 21.6. The number of carbonyl (C=O) groups excluding carboxylic acids is 1. The molecule has 4 rings (SSSR count). The first-order valence-electron chi connectivity index (χ1n) is 8.92. The number of nitrogens with zero attached hydrogens (tertiary/aromatic N) is 4. The molecule has 1 saturated carbocycles. The van der Waals surface area contributed by atoms with Crippen LogP contribution in [0.2, 0.25) is 0 Å². The van der Waals surface area contributed by atoms with Crippen molar-refractivity contribution in [2.75, 3.05) is 25.5 Å². The van der Waals surface area contributed by atoms with Crippen molar-refractivity contribution >= 4 is 11.7 Å². The molecule has 0 saturated heterocycles. The topological polar surface area (TPSA) is 49.3 Å². The van der Waals surface area contributed by atoms with Crippen LogP contribution in [0.4, 0.5) is 5.82 Å². The molecule has 2 atom stereocenters. The van der Waals surface area contributed by atoms with Crippen LogP contribution in [0, 0.1) is 12.8 Å². The van der Waals surface area contributed by atoms with E-state index in [9.17, 15) is 4.79 Å². The van der Waals surface area contributed by atoms with Crippen LogP contribution in [-0.2, 0) is 17.8 Å². The van der Waals surface area contributed by atoms with Crippen molar-refractivity contribution in [1.82, 2.24) is 14.9 Å². The molecule has 2 aliphatic rings. The molecule has 1 aliphatic carbocycles. The van der Waals surface area contributed by atoms with Crippen molar-refractivity contribution in [2.45, 2.75) is 32.2 Å². The van der Waals surface area contributed by atoms with E-state index in [4.69, 9.17) is 0 Å². The highest BCUT2D eigenvalue weighted by Gasteiger charge is 2.46. The molecule has 1 aromatic carbocycles. The Morgan fingerprint density at radius 1 is 1.20 bits per heavy atom. The van der Waals surface area contributed by atoms with Gasteiger partial charge in [0, 0.05) is 38.5 Å². The first-order chi connectivity index (χ1) is 12.0. The molecule has 0 bridgehead atoms. The summed E-state index contributed by atoms with van der Waals surface area (Å²) in [4.78, 5) is 26.2. The van der Waals surface area contributed by atoms with Gasteiger partial charge < -0.3 is 9.80 Å². The number of benzene rings is 1. The molecule has 130 valence electrons. The van der Waals surface area contributed by atoms with E-state index in [1.54, 1.807) is 0 Å². The Morgan fingerprint density at radius 3 is 2.68 bits per heavy atom. The number of fused-ring (bicyclic) bond motifs is 1. The Balaban J connectivity index is 1.52. The van der Waals surface area contributed by atoms with Gasteiger partial charge in [0.15, 0.2) is 0 Å². The van der Waals surface area contributed by atoms with Gasteiger partial charge in [0.05, 0.1) is 12.2 Å². The van der Waals surface area contributed by atoms with Gasteiger partial charge in [0.2, 0.25) is 5.91 Å². The summed E-state index contributed by atoms with van der Waals surface area (Å²) in [5, 5.41) is 0. The van der Waals surface area contributed by atoms with Crippen LogP contribution in [0.25, 0.3) is 0 Å². The quantitative estimate of drug-likeness (QED) is 0.864. The van der Waals surface area contributed by atoms with Crippen LogP contribution in [0.5, 0.6) is 0 Å². The lowest BCUT2D eigenvalue weighted by molar-refractivity contribution is -0.133. The highest BCUT2D eigenvalue weighted by atomic mass is 16.2. The van der Waals surface area contributed by atoms with Gasteiger partial charge in [0.1, 0.15) is 11.6 Å². The fourth-order valence-corrected chi connectivity index (χ4v) is 3.85. The molecular weight excluding hydrogens is 312 g/mol. The van der Waals surface area contributed by atoms with Gasteiger partial charge in [-0.1, -0.05) is 30.3 Å². The maximum Gasteiger partial charge on any atom is 0.226 e. The van der Waals surface area contributed by atoms with Crippen molar-refractivity contribution < 1.29 is 4.79 Å². The van der Waals surface area contributed by atoms with Crippen molar-refractivity contribution in [3.63, 3.8) is 0 Å². The van der Waals surface area contributed by atoms with E-state index in [1.807, 2.05) is 36.9 Å². The van der Waals surface area contributed by atoms with Gasteiger partial charge in [0.25, 0.3) is 0 Å². The van der Waals surface area contributed by atoms with Gasteiger partial charge in [-0.15, -0.1) is 0 Å². The van der Waals surface area contributed by atoms with E-state index in [0.29, 0.717) is 12.5 Å². The standard InChI is InChI=1S/C20H24N4O/c1-13-21-18-9-10-24(12-17(18)19(22-13)23(2)3)20(25)16-11-15(16)14-7-5-4-6-8-14/h4-8,15-16H,9-12H2,1-3H3/t15-,16+/m0/s1. The zero-order valence-corrected chi connectivity index (χ0v) is 15.1. The number of carbonyl (C=O) groups is 1. The fourth-order valence-electron chi connectivity index (χ4n) is 3.85. The summed E-state index contributed by atoms with van der Waals surface area (Å²) in [6.07, 6.45) is 1.78. The van der Waals surface area contributed by atoms with Crippen LogP contribution in [0.15, 0.2) is 30.3 Å². The molecule has 1 fully saturated rings. The third kappa shape index (κ3) is 2.99. The molecular formula is C20H24N4O. The minimum Gasteiger partial charge on any atom is -0.362 e. The summed E-state index contributed by atoms with van der Waals surface area (Å²) in [5.74, 6) is 2.55. The molecule has 1 amide bonds. The second kappa shape index (κ2) is 6.14. The monoisotopic (exact) mass is 336 g/mol. The van der Waals surface area contributed by atoms with Crippen molar-refractivity contribution in [3.8, 4) is 0 Å². The maximum atomic E-state index is 13.0. The van der Waals surface area contributed by atoms with Crippen LogP contribution < -0.4 is 4.90 Å². The number of anilines is 1. The molecule has 1 aliphatic heterocycles. The Kier molecular flexibility index (Phi) is 3.94. The Bertz CT molecular complexity index is 803. The fraction of sp³-hybridized carbons (Fsp3) is 0.450. The predicted octanol–water partition coefficient (Wildman–Crippen LogP) is 2.54. The minimum atomic E-state index is 0.137. The van der Waals surface area contributed by atoms with Crippen molar-refractivity contribution in [3.05, 3.63) is 53.0 Å². The third-order valence-electron chi connectivity index (χ3n) is 5.22. The molecule has 0 N–H and O–H groups in total. The van der Waals surface area contributed by atoms with Crippen LogP contribution in [0.1, 0.15) is 35.0 Å². The summed E-state index contributed by atoms with van der Waals surface area (Å²) in [6.45, 7) is 3.31. The van der Waals surface area contributed by atoms with Gasteiger partial charge in [-0.25, -0.2) is 9.97 Å². The average molecular weight is 336 g/mol. The molecule has 0 spiro atoms. The number of aryl methyl sites for hydroxylation is 1. The van der Waals surface area contributed by atoms with Crippen molar-refractivity contribution in [1.29, 1.82) is 0 Å². The lowest BCUT2D eigenvalue weighted by Crippen LogP contribution is -2.38. The molecule has 5 nitrogen and oxygen atoms in total. The van der Waals surface area contributed by atoms with E-state index in [2.05, 4.69) is 34.2 Å². The summed E-state index contributed by atoms with van der Waals surface area (Å²) in [5.41, 5.74) is 3.48. The molecule has 1 aromatic heterocycles. The zero-order valence-electron chi connectivity index (χ0n) is 15.1. The lowest BCUT2D eigenvalue weighted by Gasteiger charge is -2.31. The SMILES string of the molecule is Cc1nc2c(c(N(C)C)n1)CN(C(=O)[C@@H]1C[C@H]1c1ccccc1)CC2. The smallest absolute Gasteiger partial charge is 0.226 e. The summed E-state index contributed by atoms with van der Waals surface area (Å²) in [7, 11) is 3.99. The Morgan fingerprint density at radius 2 is 1.96 bits per heavy atom. The summed E-state index contributed by atoms with van der Waals surface area (Å²) in [6, 6.07) is 10.4. The summed E-state index contributed by atoms with van der Waals surface area (Å²) < 4.78 is 0. The van der Waals surface area contributed by atoms with E-state index in [0.717, 1.165) is 42.3 Å². The van der Waals surface area contributed by atoms with Crippen LogP contribution in [-0.4, -0.2) is 41.4 Å². The van der Waals surface area contributed by atoms with E-state index >= 15 is 0 Å². The molecule has 25 heavy (non-hydrogen) atoms. The van der Waals surface area contributed by atoms with E-state index in [1.165, 1.54) is 5.56 Å². The van der Waals surface area contributed by atoms with Gasteiger partial charge in [-0.05, 0) is 24.8 Å². The van der Waals surface area contributed by atoms with E-state index < -0.39 is 0 Å². The molecule has 2 aromatic rings. The Hall–Kier alpha value is -2.43. The molecule has 0 radical (unpaired) electrons. The number of hydrogen-bond acceptors (Lipinski definition) is 4. The van der Waals surface area contributed by atoms with E-state index in [-0.39, 0.29) is 11.8 Å². The summed E-state index contributed by atoms with van der Waals surface area (Å²) >= 11 is 0. The third-order valence-corrected chi connectivity index (χ3v) is 5.22. The average Bonchev–Trinajstić information content (AvgIpc) is 3.41. The number of hydrogen-bond donors (Lipinski definition) is 0. The number of aromatic nitrogens is 2. The Labute approximate surface area is 148 Å². The van der Waals surface area contributed by atoms with Crippen LogP contribution >= 0.6 is 0 Å². The first kappa shape index (κ1) is 16.1. The first-order valence-corrected chi connectivity index (χ1v) is 8.92. The second-order valence-electron chi connectivity index (χ2n) is 7.28. The maximum absolute atomic E-state index is 13.0. The minimum absolute atomic E-state index is 0.137. The molecule has 0 unspecified atom stereocenters. The largest absolute Gasteiger partial charge is 0.362 e. The van der Waals surface area contributed by atoms with Gasteiger partial charge >= 0.3 is 0 Å².